The molecule has 74 valence electrons. The number of hydrogen-bond acceptors (Lipinski definition) is 1. The van der Waals surface area contributed by atoms with Gasteiger partial charge in [0.1, 0.15) is 0 Å². The summed E-state index contributed by atoms with van der Waals surface area (Å²) in [7, 11) is 1.78. The summed E-state index contributed by atoms with van der Waals surface area (Å²) in [5.41, 5.74) is 3.08. The van der Waals surface area contributed by atoms with E-state index in [0.717, 1.165) is 11.0 Å². The second-order valence-electron chi connectivity index (χ2n) is 3.92. The van der Waals surface area contributed by atoms with Crippen molar-refractivity contribution >= 4 is 11.0 Å². The molecule has 0 atom stereocenters. The molecule has 14 heavy (non-hydrogen) atoms. The molecule has 2 aromatic rings. The highest BCUT2D eigenvalue weighted by Gasteiger charge is 2.05. The second-order valence-corrected chi connectivity index (χ2v) is 3.92. The molecule has 0 saturated carbocycles. The molecular weight excluding hydrogens is 176 g/mol. The number of benzene rings is 1. The van der Waals surface area contributed by atoms with Crippen LogP contribution in [-0.2, 0) is 7.05 Å². The summed E-state index contributed by atoms with van der Waals surface area (Å²) in [4.78, 5) is 14.1. The lowest BCUT2D eigenvalue weighted by molar-refractivity contribution is 0.861. The minimum Gasteiger partial charge on any atom is -0.306 e. The first kappa shape index (κ1) is 9.06. The van der Waals surface area contributed by atoms with Crippen molar-refractivity contribution in [3.8, 4) is 0 Å². The van der Waals surface area contributed by atoms with Crippen LogP contribution in [0.1, 0.15) is 25.3 Å². The molecule has 2 rings (SSSR count). The van der Waals surface area contributed by atoms with Crippen LogP contribution in [0.15, 0.2) is 23.0 Å². The number of H-pyrrole nitrogens is 1. The Labute approximate surface area is 82.4 Å². The van der Waals surface area contributed by atoms with E-state index in [9.17, 15) is 4.79 Å². The molecule has 0 unspecified atom stereocenters. The van der Waals surface area contributed by atoms with Gasteiger partial charge in [0.2, 0.25) is 0 Å². The number of nitrogens with zero attached hydrogens (tertiary/aromatic N) is 1. The van der Waals surface area contributed by atoms with Crippen molar-refractivity contribution in [3.05, 3.63) is 34.2 Å². The molecule has 0 bridgehead atoms. The normalized spacial score (nSPS) is 11.4. The molecule has 0 radical (unpaired) electrons. The van der Waals surface area contributed by atoms with Gasteiger partial charge in [-0.15, -0.1) is 0 Å². The van der Waals surface area contributed by atoms with Gasteiger partial charge in [-0.2, -0.15) is 0 Å². The smallest absolute Gasteiger partial charge is 0.306 e. The van der Waals surface area contributed by atoms with Gasteiger partial charge < -0.3 is 4.98 Å². The van der Waals surface area contributed by atoms with Crippen LogP contribution in [0, 0.1) is 0 Å². The average Bonchev–Trinajstić information content (AvgIpc) is 2.43. The van der Waals surface area contributed by atoms with Crippen LogP contribution in [0.4, 0.5) is 0 Å². The molecular formula is C11H14N2O. The molecule has 3 nitrogen and oxygen atoms in total. The molecule has 0 amide bonds. The zero-order chi connectivity index (χ0) is 10.3. The van der Waals surface area contributed by atoms with E-state index < -0.39 is 0 Å². The van der Waals surface area contributed by atoms with Crippen LogP contribution in [0.2, 0.25) is 0 Å². The summed E-state index contributed by atoms with van der Waals surface area (Å²) in [6.07, 6.45) is 0. The number of fused-ring (bicyclic) bond motifs is 1. The quantitative estimate of drug-likeness (QED) is 0.733. The Morgan fingerprint density at radius 3 is 2.71 bits per heavy atom. The first-order valence-electron chi connectivity index (χ1n) is 4.78. The Morgan fingerprint density at radius 2 is 2.07 bits per heavy atom. The van der Waals surface area contributed by atoms with Crippen LogP contribution < -0.4 is 5.69 Å². The second kappa shape index (κ2) is 3.01. The van der Waals surface area contributed by atoms with E-state index in [1.54, 1.807) is 11.6 Å². The standard InChI is InChI=1S/C11H14N2O/c1-7(2)8-4-5-9-10(6-8)13(3)11(14)12-9/h4-7H,1-3H3,(H,12,14). The fraction of sp³-hybridized carbons (Fsp3) is 0.364. The number of rotatable bonds is 1. The number of aromatic amines is 1. The lowest BCUT2D eigenvalue weighted by Crippen LogP contribution is -2.11. The van der Waals surface area contributed by atoms with Gasteiger partial charge in [-0.1, -0.05) is 19.9 Å². The highest BCUT2D eigenvalue weighted by atomic mass is 16.1. The van der Waals surface area contributed by atoms with Gasteiger partial charge in [0.15, 0.2) is 0 Å². The molecule has 3 heteroatoms. The van der Waals surface area contributed by atoms with Crippen LogP contribution >= 0.6 is 0 Å². The minimum atomic E-state index is -0.0547. The van der Waals surface area contributed by atoms with E-state index in [1.807, 2.05) is 6.07 Å². The van der Waals surface area contributed by atoms with Crippen LogP contribution in [0.25, 0.3) is 11.0 Å². The topological polar surface area (TPSA) is 37.8 Å². The number of nitrogens with one attached hydrogen (secondary N) is 1. The average molecular weight is 190 g/mol. The van der Waals surface area contributed by atoms with Gasteiger partial charge in [-0.05, 0) is 23.6 Å². The van der Waals surface area contributed by atoms with Gasteiger partial charge >= 0.3 is 5.69 Å². The summed E-state index contributed by atoms with van der Waals surface area (Å²) in [5, 5.41) is 0. The van der Waals surface area contributed by atoms with E-state index in [4.69, 9.17) is 0 Å². The van der Waals surface area contributed by atoms with Gasteiger partial charge in [-0.3, -0.25) is 4.57 Å². The first-order chi connectivity index (χ1) is 6.59. The SMILES string of the molecule is CC(C)c1ccc2[nH]c(=O)n(C)c2c1. The third-order valence-corrected chi connectivity index (χ3v) is 2.60. The van der Waals surface area contributed by atoms with Gasteiger partial charge in [0, 0.05) is 7.05 Å². The predicted molar refractivity (Wildman–Crippen MR) is 57.6 cm³/mol. The number of aryl methyl sites for hydroxylation is 1. The van der Waals surface area contributed by atoms with Crippen molar-refractivity contribution in [1.82, 2.24) is 9.55 Å². The highest BCUT2D eigenvalue weighted by Crippen LogP contribution is 2.18. The number of hydrogen-bond donors (Lipinski definition) is 1. The van der Waals surface area contributed by atoms with E-state index >= 15 is 0 Å². The molecule has 1 heterocycles. The molecule has 0 fully saturated rings. The third-order valence-electron chi connectivity index (χ3n) is 2.60. The van der Waals surface area contributed by atoms with Gasteiger partial charge in [0.05, 0.1) is 11.0 Å². The molecule has 0 aliphatic rings. The summed E-state index contributed by atoms with van der Waals surface area (Å²) in [6, 6.07) is 6.09. The molecule has 0 spiro atoms. The Morgan fingerprint density at radius 1 is 1.36 bits per heavy atom. The lowest BCUT2D eigenvalue weighted by atomic mass is 10.0. The monoisotopic (exact) mass is 190 g/mol. The third kappa shape index (κ3) is 1.25. The summed E-state index contributed by atoms with van der Waals surface area (Å²) >= 11 is 0. The maximum Gasteiger partial charge on any atom is 0.326 e. The molecule has 1 aromatic carbocycles. The van der Waals surface area contributed by atoms with Crippen LogP contribution in [0.5, 0.6) is 0 Å². The van der Waals surface area contributed by atoms with E-state index in [1.165, 1.54) is 5.56 Å². The Hall–Kier alpha value is -1.51. The highest BCUT2D eigenvalue weighted by molar-refractivity contribution is 5.76. The fourth-order valence-corrected chi connectivity index (χ4v) is 1.60. The first-order valence-corrected chi connectivity index (χ1v) is 4.78. The fourth-order valence-electron chi connectivity index (χ4n) is 1.60. The van der Waals surface area contributed by atoms with E-state index in [0.29, 0.717) is 5.92 Å². The predicted octanol–water partition coefficient (Wildman–Crippen LogP) is 1.99. The minimum absolute atomic E-state index is 0.0547. The summed E-state index contributed by atoms with van der Waals surface area (Å²) in [5.74, 6) is 0.490. The van der Waals surface area contributed by atoms with Gasteiger partial charge in [-0.25, -0.2) is 4.79 Å². The Bertz CT molecular complexity index is 520. The Balaban J connectivity index is 2.76. The van der Waals surface area contributed by atoms with E-state index in [-0.39, 0.29) is 5.69 Å². The van der Waals surface area contributed by atoms with Crippen molar-refractivity contribution in [2.45, 2.75) is 19.8 Å². The number of aromatic nitrogens is 2. The number of imidazole rings is 1. The summed E-state index contributed by atoms with van der Waals surface area (Å²) in [6.45, 7) is 4.29. The van der Waals surface area contributed by atoms with Crippen molar-refractivity contribution in [2.24, 2.45) is 7.05 Å². The largest absolute Gasteiger partial charge is 0.326 e. The lowest BCUT2D eigenvalue weighted by Gasteiger charge is -2.04. The zero-order valence-corrected chi connectivity index (χ0v) is 8.66. The van der Waals surface area contributed by atoms with Crippen LogP contribution in [-0.4, -0.2) is 9.55 Å². The molecule has 0 saturated heterocycles. The molecule has 1 N–H and O–H groups in total. The molecule has 0 aliphatic carbocycles. The van der Waals surface area contributed by atoms with Crippen molar-refractivity contribution < 1.29 is 0 Å². The van der Waals surface area contributed by atoms with Gasteiger partial charge in [0.25, 0.3) is 0 Å². The van der Waals surface area contributed by atoms with E-state index in [2.05, 4.69) is 31.0 Å². The van der Waals surface area contributed by atoms with Crippen molar-refractivity contribution in [1.29, 1.82) is 0 Å². The molecule has 0 aliphatic heterocycles. The zero-order valence-electron chi connectivity index (χ0n) is 8.66. The van der Waals surface area contributed by atoms with Crippen LogP contribution in [0.3, 0.4) is 0 Å². The summed E-state index contributed by atoms with van der Waals surface area (Å²) < 4.78 is 1.64. The maximum atomic E-state index is 11.3. The van der Waals surface area contributed by atoms with Crippen molar-refractivity contribution in [2.75, 3.05) is 0 Å². The maximum absolute atomic E-state index is 11.3. The molecule has 1 aromatic heterocycles. The Kier molecular flexibility index (Phi) is 1.95. The van der Waals surface area contributed by atoms with Crippen molar-refractivity contribution in [3.63, 3.8) is 0 Å².